The fourth-order valence-corrected chi connectivity index (χ4v) is 2.43. The highest BCUT2D eigenvalue weighted by atomic mass is 31.2. The lowest BCUT2D eigenvalue weighted by Gasteiger charge is -2.41. The van der Waals surface area contributed by atoms with Crippen LogP contribution >= 0.6 is 7.60 Å². The molecule has 0 saturated carbocycles. The predicted octanol–water partition coefficient (Wildman–Crippen LogP) is -3.02. The predicted molar refractivity (Wildman–Crippen MR) is 56.6 cm³/mol. The van der Waals surface area contributed by atoms with Gasteiger partial charge < -0.3 is 39.7 Å². The summed E-state index contributed by atoms with van der Waals surface area (Å²) in [5, 5.41) is 38.1. The van der Waals surface area contributed by atoms with E-state index in [9.17, 15) is 25.0 Å². The summed E-state index contributed by atoms with van der Waals surface area (Å²) in [4.78, 5) is 17.4. The molecular formula is C8H17O9P. The van der Waals surface area contributed by atoms with E-state index in [-0.39, 0.29) is 0 Å². The van der Waals surface area contributed by atoms with Crippen LogP contribution in [-0.4, -0.2) is 80.3 Å². The van der Waals surface area contributed by atoms with E-state index in [1.807, 2.05) is 0 Å². The molecule has 0 unspecified atom stereocenters. The summed E-state index contributed by atoms with van der Waals surface area (Å²) in [5.41, 5.74) is 0. The third kappa shape index (κ3) is 3.70. The molecule has 1 rings (SSSR count). The van der Waals surface area contributed by atoms with E-state index in [4.69, 9.17) is 14.5 Å². The van der Waals surface area contributed by atoms with Gasteiger partial charge in [-0.25, -0.2) is 0 Å². The van der Waals surface area contributed by atoms with Crippen molar-refractivity contribution in [1.29, 1.82) is 0 Å². The second-order valence-corrected chi connectivity index (χ2v) is 5.79. The molecular weight excluding hydrogens is 271 g/mol. The molecule has 1 aliphatic rings. The van der Waals surface area contributed by atoms with Gasteiger partial charge >= 0.3 is 7.60 Å². The van der Waals surface area contributed by atoms with Crippen molar-refractivity contribution >= 4 is 7.60 Å². The van der Waals surface area contributed by atoms with Crippen molar-refractivity contribution in [3.63, 3.8) is 0 Å². The minimum atomic E-state index is -4.50. The molecule has 0 bridgehead atoms. The first-order valence-electron chi connectivity index (χ1n) is 5.12. The highest BCUT2D eigenvalue weighted by Crippen LogP contribution is 2.37. The Balaban J connectivity index is 2.78. The van der Waals surface area contributed by atoms with Gasteiger partial charge in [-0.1, -0.05) is 0 Å². The molecule has 0 amide bonds. The highest BCUT2D eigenvalue weighted by Gasteiger charge is 2.47. The number of hydrogen-bond donors (Lipinski definition) is 6. The SMILES string of the molecule is CO[C@H]1O[C@H]([C@H](O)CP(=O)(O)O)[C@@H](O)[C@H](O)[C@@H]1O. The number of aliphatic hydroxyl groups excluding tert-OH is 4. The third-order valence-corrected chi connectivity index (χ3v) is 3.49. The minimum Gasteiger partial charge on any atom is -0.390 e. The standard InChI is InChI=1S/C8H17O9P/c1-16-8-6(12)4(10)5(11)7(17-8)3(9)2-18(13,14)15/h3-12H,2H2,1H3,(H2,13,14,15)/t3-,4+,5+,6+,7-,8+/m1/s1. The van der Waals surface area contributed by atoms with Gasteiger partial charge in [0.25, 0.3) is 0 Å². The molecule has 0 aromatic heterocycles. The van der Waals surface area contributed by atoms with Crippen LogP contribution in [0.2, 0.25) is 0 Å². The summed E-state index contributed by atoms with van der Waals surface area (Å²) in [7, 11) is -3.33. The molecule has 6 atom stereocenters. The van der Waals surface area contributed by atoms with Gasteiger partial charge in [0.2, 0.25) is 0 Å². The lowest BCUT2D eigenvalue weighted by atomic mass is 9.96. The van der Waals surface area contributed by atoms with Crippen molar-refractivity contribution in [3.05, 3.63) is 0 Å². The van der Waals surface area contributed by atoms with Gasteiger partial charge in [-0.15, -0.1) is 0 Å². The van der Waals surface area contributed by atoms with Crippen LogP contribution < -0.4 is 0 Å². The minimum absolute atomic E-state index is 0.937. The molecule has 1 fully saturated rings. The normalized spacial score (nSPS) is 39.6. The molecule has 18 heavy (non-hydrogen) atoms. The smallest absolute Gasteiger partial charge is 0.328 e. The molecule has 108 valence electrons. The average Bonchev–Trinajstić information content (AvgIpc) is 2.24. The van der Waals surface area contributed by atoms with Crippen LogP contribution in [0.5, 0.6) is 0 Å². The van der Waals surface area contributed by atoms with Gasteiger partial charge in [-0.2, -0.15) is 0 Å². The molecule has 6 N–H and O–H groups in total. The molecule has 0 aromatic rings. The van der Waals surface area contributed by atoms with Gasteiger partial charge in [0.05, 0.1) is 12.3 Å². The zero-order valence-corrected chi connectivity index (χ0v) is 10.4. The van der Waals surface area contributed by atoms with Crippen molar-refractivity contribution in [2.75, 3.05) is 13.3 Å². The molecule has 0 radical (unpaired) electrons. The van der Waals surface area contributed by atoms with E-state index in [2.05, 4.69) is 4.74 Å². The first-order valence-corrected chi connectivity index (χ1v) is 6.92. The summed E-state index contributed by atoms with van der Waals surface area (Å²) in [5.74, 6) is 0. The molecule has 0 aromatic carbocycles. The van der Waals surface area contributed by atoms with E-state index in [0.717, 1.165) is 0 Å². The zero-order chi connectivity index (χ0) is 14.1. The summed E-state index contributed by atoms with van der Waals surface area (Å²) < 4.78 is 20.4. The van der Waals surface area contributed by atoms with Crippen LogP contribution in [0, 0.1) is 0 Å². The van der Waals surface area contributed by atoms with E-state index in [0.29, 0.717) is 0 Å². The monoisotopic (exact) mass is 288 g/mol. The molecule has 9 nitrogen and oxygen atoms in total. The first kappa shape index (κ1) is 16.0. The molecule has 1 heterocycles. The molecule has 0 aliphatic carbocycles. The van der Waals surface area contributed by atoms with Gasteiger partial charge in [0.15, 0.2) is 6.29 Å². The topological polar surface area (TPSA) is 157 Å². The van der Waals surface area contributed by atoms with Crippen molar-refractivity contribution < 1.29 is 44.3 Å². The van der Waals surface area contributed by atoms with Crippen molar-refractivity contribution in [2.24, 2.45) is 0 Å². The molecule has 1 saturated heterocycles. The van der Waals surface area contributed by atoms with Crippen molar-refractivity contribution in [3.8, 4) is 0 Å². The number of rotatable bonds is 4. The van der Waals surface area contributed by atoms with Gasteiger partial charge in [0, 0.05) is 7.11 Å². The van der Waals surface area contributed by atoms with E-state index < -0.39 is 50.6 Å². The van der Waals surface area contributed by atoms with E-state index in [1.54, 1.807) is 0 Å². The van der Waals surface area contributed by atoms with Crippen molar-refractivity contribution in [2.45, 2.75) is 36.8 Å². The quantitative estimate of drug-likeness (QED) is 0.296. The second-order valence-electron chi connectivity index (χ2n) is 4.09. The van der Waals surface area contributed by atoms with Crippen LogP contribution in [0.1, 0.15) is 0 Å². The number of methoxy groups -OCH3 is 1. The largest absolute Gasteiger partial charge is 0.390 e. The fourth-order valence-electron chi connectivity index (χ4n) is 1.73. The molecule has 0 spiro atoms. The fraction of sp³-hybridized carbons (Fsp3) is 1.00. The number of ether oxygens (including phenoxy) is 2. The third-order valence-electron chi connectivity index (χ3n) is 2.64. The Bertz CT molecular complexity index is 316. The van der Waals surface area contributed by atoms with Crippen LogP contribution in [-0.2, 0) is 14.0 Å². The summed E-state index contributed by atoms with van der Waals surface area (Å²) in [6, 6.07) is 0. The van der Waals surface area contributed by atoms with Crippen LogP contribution in [0.3, 0.4) is 0 Å². The Morgan fingerprint density at radius 2 is 1.78 bits per heavy atom. The second kappa shape index (κ2) is 5.91. The molecule has 10 heteroatoms. The Labute approximate surface area is 103 Å². The average molecular weight is 288 g/mol. The summed E-state index contributed by atoms with van der Waals surface area (Å²) >= 11 is 0. The van der Waals surface area contributed by atoms with Gasteiger partial charge in [-0.3, -0.25) is 4.57 Å². The Kier molecular flexibility index (Phi) is 5.24. The Hall–Kier alpha value is -0.0900. The summed E-state index contributed by atoms with van der Waals surface area (Å²) in [6.45, 7) is 0. The van der Waals surface area contributed by atoms with Gasteiger partial charge in [0.1, 0.15) is 24.4 Å². The van der Waals surface area contributed by atoms with E-state index in [1.165, 1.54) is 7.11 Å². The Morgan fingerprint density at radius 3 is 2.22 bits per heavy atom. The number of hydrogen-bond acceptors (Lipinski definition) is 7. The lowest BCUT2D eigenvalue weighted by molar-refractivity contribution is -0.302. The van der Waals surface area contributed by atoms with Crippen molar-refractivity contribution in [1.82, 2.24) is 0 Å². The van der Waals surface area contributed by atoms with Gasteiger partial charge in [-0.05, 0) is 0 Å². The highest BCUT2D eigenvalue weighted by molar-refractivity contribution is 7.51. The number of aliphatic hydroxyl groups is 4. The van der Waals surface area contributed by atoms with Crippen LogP contribution in [0.4, 0.5) is 0 Å². The lowest BCUT2D eigenvalue weighted by Crippen LogP contribution is -2.61. The van der Waals surface area contributed by atoms with Crippen LogP contribution in [0.15, 0.2) is 0 Å². The molecule has 1 aliphatic heterocycles. The van der Waals surface area contributed by atoms with E-state index >= 15 is 0 Å². The Morgan fingerprint density at radius 1 is 1.22 bits per heavy atom. The maximum atomic E-state index is 10.7. The maximum absolute atomic E-state index is 10.7. The maximum Gasteiger partial charge on any atom is 0.328 e. The van der Waals surface area contributed by atoms with Crippen LogP contribution in [0.25, 0.3) is 0 Å². The zero-order valence-electron chi connectivity index (χ0n) is 9.53. The summed E-state index contributed by atoms with van der Waals surface area (Å²) in [6.07, 6.45) is -10.3. The first-order chi connectivity index (χ1) is 8.17.